The van der Waals surface area contributed by atoms with E-state index in [1.54, 1.807) is 0 Å². The van der Waals surface area contributed by atoms with Crippen LogP contribution >= 0.6 is 0 Å². The summed E-state index contributed by atoms with van der Waals surface area (Å²) in [6.45, 7) is 13.2. The first-order valence-corrected chi connectivity index (χ1v) is 16.9. The van der Waals surface area contributed by atoms with Gasteiger partial charge in [0.1, 0.15) is 11.9 Å². The topological polar surface area (TPSA) is 68.2 Å². The van der Waals surface area contributed by atoms with Crippen LogP contribution < -0.4 is 0 Å². The molecule has 6 atom stereocenters. The van der Waals surface area contributed by atoms with Gasteiger partial charge in [0.25, 0.3) is 0 Å². The van der Waals surface area contributed by atoms with Gasteiger partial charge in [-0.25, -0.2) is 4.79 Å². The van der Waals surface area contributed by atoms with Crippen molar-refractivity contribution < 1.29 is 24.1 Å². The Kier molecular flexibility index (Phi) is 9.90. The van der Waals surface area contributed by atoms with Crippen molar-refractivity contribution in [2.45, 2.75) is 135 Å². The molecule has 2 heterocycles. The molecule has 3 unspecified atom stereocenters. The summed E-state index contributed by atoms with van der Waals surface area (Å²) in [5, 5.41) is 12.4. The van der Waals surface area contributed by atoms with Crippen molar-refractivity contribution >= 4 is 6.16 Å². The van der Waals surface area contributed by atoms with Crippen LogP contribution in [0.3, 0.4) is 0 Å². The number of carbonyl (C=O) groups excluding carboxylic acids is 1. The Morgan fingerprint density at radius 2 is 1.78 bits per heavy atom. The molecule has 0 amide bonds. The highest BCUT2D eigenvalue weighted by molar-refractivity contribution is 5.62. The smallest absolute Gasteiger partial charge is 0.485 e. The normalized spacial score (nSPS) is 33.9. The summed E-state index contributed by atoms with van der Waals surface area (Å²) < 4.78 is 18.0. The highest BCUT2D eigenvalue weighted by Crippen LogP contribution is 2.67. The molecule has 0 aromatic carbocycles. The summed E-state index contributed by atoms with van der Waals surface area (Å²) in [6, 6.07) is 0.0892. The van der Waals surface area contributed by atoms with Crippen molar-refractivity contribution in [2.24, 2.45) is 23.2 Å². The standard InChI is InChI=1S/C35H55NO5/c1-5-7-8-9-10-11-12-13-14-15-22-39-33(37)40-28-19-18-27-23-29-34(4,38)35(20-21-36(29)24-26-16-17-26)30(27)31(28)41-32(35)25(3)6-2/h18-19,26-27,29-30,32,38H,3,5-17,20-24H2,1-2,4H3/t27?,29?,30?,32-,34+,35-/m0/s1. The Morgan fingerprint density at radius 1 is 1.10 bits per heavy atom. The molecular formula is C35H55NO5. The number of ether oxygens (including phenoxy) is 3. The predicted molar refractivity (Wildman–Crippen MR) is 162 cm³/mol. The number of allylic oxidation sites excluding steroid dienone is 3. The lowest BCUT2D eigenvalue weighted by Gasteiger charge is -2.63. The molecule has 2 saturated carbocycles. The Balaban J connectivity index is 1.19. The molecule has 230 valence electrons. The van der Waals surface area contributed by atoms with E-state index in [1.807, 2.05) is 13.0 Å². The van der Waals surface area contributed by atoms with Crippen LogP contribution in [0.15, 0.2) is 35.8 Å². The minimum atomic E-state index is -0.932. The summed E-state index contributed by atoms with van der Waals surface area (Å²) in [7, 11) is 0. The number of carbonyl (C=O) groups is 1. The molecule has 0 radical (unpaired) electrons. The third-order valence-electron chi connectivity index (χ3n) is 11.0. The molecule has 2 bridgehead atoms. The summed E-state index contributed by atoms with van der Waals surface area (Å²) >= 11 is 0. The molecule has 2 aliphatic heterocycles. The maximum atomic E-state index is 12.7. The summed E-state index contributed by atoms with van der Waals surface area (Å²) in [6.07, 6.45) is 20.6. The average molecular weight is 570 g/mol. The minimum Gasteiger partial charge on any atom is -0.485 e. The van der Waals surface area contributed by atoms with Gasteiger partial charge >= 0.3 is 6.16 Å². The quantitative estimate of drug-likeness (QED) is 0.115. The molecule has 0 aromatic rings. The van der Waals surface area contributed by atoms with Gasteiger partial charge in [0.2, 0.25) is 0 Å². The van der Waals surface area contributed by atoms with E-state index in [1.165, 1.54) is 64.2 Å². The van der Waals surface area contributed by atoms with Crippen LogP contribution in [0.25, 0.3) is 0 Å². The lowest BCUT2D eigenvalue weighted by molar-refractivity contribution is -0.218. The van der Waals surface area contributed by atoms with Crippen LogP contribution in [0.1, 0.15) is 117 Å². The largest absolute Gasteiger partial charge is 0.513 e. The molecule has 0 aromatic heterocycles. The van der Waals surface area contributed by atoms with Crippen LogP contribution in [0.2, 0.25) is 0 Å². The zero-order chi connectivity index (χ0) is 29.0. The maximum Gasteiger partial charge on any atom is 0.513 e. The zero-order valence-corrected chi connectivity index (χ0v) is 26.0. The van der Waals surface area contributed by atoms with Gasteiger partial charge in [-0.3, -0.25) is 4.90 Å². The van der Waals surface area contributed by atoms with E-state index >= 15 is 0 Å². The lowest BCUT2D eigenvalue weighted by Crippen LogP contribution is -2.73. The van der Waals surface area contributed by atoms with Gasteiger partial charge in [-0.2, -0.15) is 0 Å². The van der Waals surface area contributed by atoms with Crippen molar-refractivity contribution in [3.8, 4) is 0 Å². The van der Waals surface area contributed by atoms with E-state index in [-0.39, 0.29) is 24.0 Å². The summed E-state index contributed by atoms with van der Waals surface area (Å²) in [5.74, 6) is 2.14. The average Bonchev–Trinajstić information content (AvgIpc) is 3.69. The van der Waals surface area contributed by atoms with Crippen molar-refractivity contribution in [1.82, 2.24) is 4.90 Å². The third kappa shape index (κ3) is 6.16. The number of unbranched alkanes of at least 4 members (excludes halogenated alkanes) is 9. The first kappa shape index (κ1) is 30.7. The fourth-order valence-corrected chi connectivity index (χ4v) is 8.45. The first-order chi connectivity index (χ1) is 19.8. The molecule has 5 rings (SSSR count). The zero-order valence-electron chi connectivity index (χ0n) is 26.0. The molecule has 6 heteroatoms. The Bertz CT molecular complexity index is 997. The van der Waals surface area contributed by atoms with E-state index in [4.69, 9.17) is 14.2 Å². The number of rotatable bonds is 16. The molecule has 3 aliphatic carbocycles. The van der Waals surface area contributed by atoms with Crippen LogP contribution in [-0.4, -0.2) is 53.6 Å². The lowest BCUT2D eigenvalue weighted by atomic mass is 9.47. The van der Waals surface area contributed by atoms with Crippen LogP contribution in [0.5, 0.6) is 0 Å². The van der Waals surface area contributed by atoms with Gasteiger partial charge < -0.3 is 19.3 Å². The molecule has 6 nitrogen and oxygen atoms in total. The van der Waals surface area contributed by atoms with E-state index in [0.29, 0.717) is 18.1 Å². The molecular weight excluding hydrogens is 514 g/mol. The molecule has 4 fully saturated rings. The molecule has 1 spiro atoms. The van der Waals surface area contributed by atoms with Crippen molar-refractivity contribution in [3.05, 3.63) is 35.8 Å². The van der Waals surface area contributed by atoms with Crippen LogP contribution in [0.4, 0.5) is 4.79 Å². The van der Waals surface area contributed by atoms with E-state index in [0.717, 1.165) is 56.7 Å². The second kappa shape index (κ2) is 13.2. The monoisotopic (exact) mass is 569 g/mol. The van der Waals surface area contributed by atoms with Crippen LogP contribution in [-0.2, 0) is 14.2 Å². The van der Waals surface area contributed by atoms with Gasteiger partial charge in [0.05, 0.1) is 17.6 Å². The predicted octanol–water partition coefficient (Wildman–Crippen LogP) is 8.06. The minimum absolute atomic E-state index is 0.0279. The fourth-order valence-electron chi connectivity index (χ4n) is 8.45. The highest BCUT2D eigenvalue weighted by atomic mass is 16.7. The van der Waals surface area contributed by atoms with Crippen LogP contribution in [0, 0.1) is 23.2 Å². The van der Waals surface area contributed by atoms with E-state index in [9.17, 15) is 9.90 Å². The van der Waals surface area contributed by atoms with Gasteiger partial charge in [-0.1, -0.05) is 84.3 Å². The molecule has 5 aliphatic rings. The van der Waals surface area contributed by atoms with Crippen molar-refractivity contribution in [1.29, 1.82) is 0 Å². The number of piperidine rings is 1. The maximum absolute atomic E-state index is 12.7. The second-order valence-electron chi connectivity index (χ2n) is 13.7. The molecule has 2 saturated heterocycles. The molecule has 41 heavy (non-hydrogen) atoms. The summed E-state index contributed by atoms with van der Waals surface area (Å²) in [5.41, 5.74) is -0.411. The number of nitrogens with zero attached hydrogens (tertiary/aromatic N) is 1. The molecule has 1 N–H and O–H groups in total. The number of likely N-dealkylation sites (tertiary alicyclic amines) is 1. The van der Waals surface area contributed by atoms with Crippen molar-refractivity contribution in [2.75, 3.05) is 19.7 Å². The number of hydrogen-bond acceptors (Lipinski definition) is 6. The van der Waals surface area contributed by atoms with Gasteiger partial charge in [-0.15, -0.1) is 0 Å². The second-order valence-corrected chi connectivity index (χ2v) is 13.7. The highest BCUT2D eigenvalue weighted by Gasteiger charge is 2.73. The fraction of sp³-hybridized carbons (Fsp3) is 0.800. The SMILES string of the molecule is C=C(CC)[C@@H]1OC2=C(OC(=O)OCCCCCCCCCCCC)C=CC3CC4N(CC5CC5)CC[C@@]1(C23)[C@]4(C)O. The summed E-state index contributed by atoms with van der Waals surface area (Å²) in [4.78, 5) is 15.3. The number of fused-ring (bicyclic) bond motifs is 1. The third-order valence-corrected chi connectivity index (χ3v) is 11.0. The van der Waals surface area contributed by atoms with E-state index < -0.39 is 17.2 Å². The number of hydrogen-bond donors (Lipinski definition) is 1. The van der Waals surface area contributed by atoms with Gasteiger partial charge in [0, 0.05) is 18.5 Å². The number of aliphatic hydroxyl groups is 1. The van der Waals surface area contributed by atoms with E-state index in [2.05, 4.69) is 31.4 Å². The Labute approximate surface area is 248 Å². The first-order valence-electron chi connectivity index (χ1n) is 16.9. The Hall–Kier alpha value is -1.79. The van der Waals surface area contributed by atoms with Gasteiger partial charge in [0.15, 0.2) is 5.76 Å². The Morgan fingerprint density at radius 3 is 2.44 bits per heavy atom. The van der Waals surface area contributed by atoms with Gasteiger partial charge in [-0.05, 0) is 75.5 Å². The van der Waals surface area contributed by atoms with Crippen molar-refractivity contribution in [3.63, 3.8) is 0 Å².